The Morgan fingerprint density at radius 3 is 2.41 bits per heavy atom. The average Bonchev–Trinajstić information content (AvgIpc) is 3.31. The van der Waals surface area contributed by atoms with Crippen LogP contribution in [-0.2, 0) is 19.1 Å². The zero-order valence-corrected chi connectivity index (χ0v) is 17.3. The lowest BCUT2D eigenvalue weighted by molar-refractivity contribution is -0.148. The largest absolute Gasteiger partial charge is 0.467 e. The van der Waals surface area contributed by atoms with Crippen LogP contribution >= 0.6 is 0 Å². The molecule has 0 N–H and O–H groups in total. The highest BCUT2D eigenvalue weighted by molar-refractivity contribution is 6.24. The van der Waals surface area contributed by atoms with Gasteiger partial charge in [0.15, 0.2) is 0 Å². The number of fused-ring (bicyclic) bond motifs is 6. The molecule has 4 atom stereocenters. The first kappa shape index (κ1) is 18.8. The number of ether oxygens (including phenoxy) is 1. The van der Waals surface area contributed by atoms with Crippen LogP contribution in [0.5, 0.6) is 0 Å². The highest BCUT2D eigenvalue weighted by Crippen LogP contribution is 2.53. The molecule has 6 heteroatoms. The zero-order chi connectivity index (χ0) is 22.0. The number of hydrogen-bond donors (Lipinski definition) is 0. The van der Waals surface area contributed by atoms with Crippen molar-refractivity contribution >= 4 is 40.3 Å². The van der Waals surface area contributed by atoms with Gasteiger partial charge >= 0.3 is 5.97 Å². The summed E-state index contributed by atoms with van der Waals surface area (Å²) in [5, 5.41) is 1.97. The van der Waals surface area contributed by atoms with Gasteiger partial charge in [0.05, 0.1) is 30.7 Å². The smallest absolute Gasteiger partial charge is 0.329 e. The zero-order valence-electron chi connectivity index (χ0n) is 17.3. The molecule has 0 spiro atoms. The molecule has 0 radical (unpaired) electrons. The van der Waals surface area contributed by atoms with Crippen LogP contribution in [-0.4, -0.2) is 35.8 Å². The van der Waals surface area contributed by atoms with E-state index in [0.29, 0.717) is 5.69 Å². The quantitative estimate of drug-likeness (QED) is 0.465. The van der Waals surface area contributed by atoms with Gasteiger partial charge in [-0.3, -0.25) is 9.59 Å². The van der Waals surface area contributed by atoms with Crippen LogP contribution in [0.15, 0.2) is 72.9 Å². The number of carbonyl (C=O) groups is 3. The van der Waals surface area contributed by atoms with E-state index in [2.05, 4.69) is 0 Å². The maximum Gasteiger partial charge on any atom is 0.329 e. The molecule has 6 rings (SSSR count). The van der Waals surface area contributed by atoms with Gasteiger partial charge in [0, 0.05) is 6.20 Å². The fraction of sp³-hybridized carbons (Fsp3) is 0.192. The molecule has 0 saturated carbocycles. The standard InChI is InChI=1S/C26H20N2O4/c1-32-26(31)23-21-20(22-19-9-5-4-7-16(19)12-13-27(22)23)24(29)28(25(21)30)18-11-10-15-6-2-3-8-17(15)14-18/h2-14,20-23H,1H3. The van der Waals surface area contributed by atoms with Gasteiger partial charge in [0.2, 0.25) is 11.8 Å². The second kappa shape index (κ2) is 6.79. The Morgan fingerprint density at radius 1 is 0.875 bits per heavy atom. The number of methoxy groups -OCH3 is 1. The van der Waals surface area contributed by atoms with Crippen LogP contribution in [0.25, 0.3) is 16.8 Å². The van der Waals surface area contributed by atoms with E-state index >= 15 is 0 Å². The first-order valence-electron chi connectivity index (χ1n) is 10.6. The number of esters is 1. The minimum atomic E-state index is -0.846. The van der Waals surface area contributed by atoms with Gasteiger partial charge in [-0.1, -0.05) is 54.6 Å². The lowest BCUT2D eigenvalue weighted by Gasteiger charge is -2.34. The molecule has 158 valence electrons. The molecule has 4 unspecified atom stereocenters. The van der Waals surface area contributed by atoms with Gasteiger partial charge in [0.25, 0.3) is 0 Å². The number of benzene rings is 3. The monoisotopic (exact) mass is 424 g/mol. The summed E-state index contributed by atoms with van der Waals surface area (Å²) in [5.41, 5.74) is 2.46. The molecule has 0 aromatic heterocycles. The summed E-state index contributed by atoms with van der Waals surface area (Å²) in [5.74, 6) is -2.60. The molecule has 0 aliphatic carbocycles. The van der Waals surface area contributed by atoms with E-state index in [1.165, 1.54) is 12.0 Å². The van der Waals surface area contributed by atoms with Crippen molar-refractivity contribution in [1.29, 1.82) is 0 Å². The van der Waals surface area contributed by atoms with Crippen LogP contribution in [0.4, 0.5) is 5.69 Å². The summed E-state index contributed by atoms with van der Waals surface area (Å²) in [4.78, 5) is 43.3. The van der Waals surface area contributed by atoms with Crippen LogP contribution in [0.1, 0.15) is 17.2 Å². The molecule has 32 heavy (non-hydrogen) atoms. The summed E-state index contributed by atoms with van der Waals surface area (Å²) in [6.45, 7) is 0. The topological polar surface area (TPSA) is 66.9 Å². The summed E-state index contributed by atoms with van der Waals surface area (Å²) in [7, 11) is 1.31. The fourth-order valence-corrected chi connectivity index (χ4v) is 5.52. The Hall–Kier alpha value is -3.93. The van der Waals surface area contributed by atoms with Gasteiger partial charge in [-0.2, -0.15) is 0 Å². The maximum atomic E-state index is 13.8. The normalized spacial score (nSPS) is 25.7. The van der Waals surface area contributed by atoms with Crippen LogP contribution in [0.2, 0.25) is 0 Å². The van der Waals surface area contributed by atoms with Crippen LogP contribution in [0, 0.1) is 11.8 Å². The van der Waals surface area contributed by atoms with Gasteiger partial charge in [-0.05, 0) is 40.1 Å². The van der Waals surface area contributed by atoms with Crippen molar-refractivity contribution in [3.8, 4) is 0 Å². The van der Waals surface area contributed by atoms with Crippen molar-refractivity contribution in [2.45, 2.75) is 12.1 Å². The summed E-state index contributed by atoms with van der Waals surface area (Å²) in [6, 6.07) is 19.9. The van der Waals surface area contributed by atoms with Gasteiger partial charge in [0.1, 0.15) is 6.04 Å². The number of carbonyl (C=O) groups excluding carboxylic acids is 3. The third-order valence-electron chi connectivity index (χ3n) is 6.90. The molecule has 2 amide bonds. The van der Waals surface area contributed by atoms with Crippen molar-refractivity contribution < 1.29 is 19.1 Å². The van der Waals surface area contributed by atoms with E-state index in [4.69, 9.17) is 4.74 Å². The first-order valence-corrected chi connectivity index (χ1v) is 10.6. The third kappa shape index (κ3) is 2.43. The molecular formula is C26H20N2O4. The number of anilines is 1. The number of amides is 2. The first-order chi connectivity index (χ1) is 15.6. The molecular weight excluding hydrogens is 404 g/mol. The van der Waals surface area contributed by atoms with Crippen molar-refractivity contribution in [2.75, 3.05) is 12.0 Å². The Bertz CT molecular complexity index is 1330. The van der Waals surface area contributed by atoms with Crippen molar-refractivity contribution in [3.05, 3.63) is 84.1 Å². The maximum absolute atomic E-state index is 13.8. The van der Waals surface area contributed by atoms with Gasteiger partial charge in [-0.25, -0.2) is 9.69 Å². The molecule has 3 aliphatic rings. The Kier molecular flexibility index (Phi) is 3.99. The van der Waals surface area contributed by atoms with Gasteiger partial charge in [-0.15, -0.1) is 0 Å². The lowest BCUT2D eigenvalue weighted by Crippen LogP contribution is -2.44. The second-order valence-electron chi connectivity index (χ2n) is 8.40. The van der Waals surface area contributed by atoms with Gasteiger partial charge < -0.3 is 9.64 Å². The Morgan fingerprint density at radius 2 is 1.59 bits per heavy atom. The molecule has 3 aromatic rings. The third-order valence-corrected chi connectivity index (χ3v) is 6.90. The molecule has 6 nitrogen and oxygen atoms in total. The summed E-state index contributed by atoms with van der Waals surface area (Å²) >= 11 is 0. The molecule has 2 fully saturated rings. The highest BCUT2D eigenvalue weighted by atomic mass is 16.5. The molecule has 0 bridgehead atoms. The van der Waals surface area contributed by atoms with E-state index < -0.39 is 29.9 Å². The van der Waals surface area contributed by atoms with E-state index in [1.54, 1.807) is 6.07 Å². The Labute approximate surface area is 184 Å². The van der Waals surface area contributed by atoms with E-state index in [9.17, 15) is 14.4 Å². The predicted octanol–water partition coefficient (Wildman–Crippen LogP) is 3.53. The summed E-state index contributed by atoms with van der Waals surface area (Å²) < 4.78 is 5.06. The number of hydrogen-bond acceptors (Lipinski definition) is 5. The second-order valence-corrected chi connectivity index (χ2v) is 8.40. The lowest BCUT2D eigenvalue weighted by atomic mass is 9.84. The van der Waals surface area contributed by atoms with Crippen LogP contribution in [0.3, 0.4) is 0 Å². The van der Waals surface area contributed by atoms with E-state index in [-0.39, 0.29) is 11.8 Å². The molecule has 2 saturated heterocycles. The molecule has 3 aliphatic heterocycles. The molecule has 3 heterocycles. The summed E-state index contributed by atoms with van der Waals surface area (Å²) in [6.07, 6.45) is 3.73. The predicted molar refractivity (Wildman–Crippen MR) is 119 cm³/mol. The van der Waals surface area contributed by atoms with Crippen molar-refractivity contribution in [1.82, 2.24) is 4.90 Å². The van der Waals surface area contributed by atoms with E-state index in [0.717, 1.165) is 21.9 Å². The minimum Gasteiger partial charge on any atom is -0.467 e. The molecule has 3 aromatic carbocycles. The van der Waals surface area contributed by atoms with Crippen LogP contribution < -0.4 is 4.90 Å². The Balaban J connectivity index is 1.49. The number of nitrogens with zero attached hydrogens (tertiary/aromatic N) is 2. The van der Waals surface area contributed by atoms with Crippen molar-refractivity contribution in [2.24, 2.45) is 11.8 Å². The number of rotatable bonds is 2. The van der Waals surface area contributed by atoms with E-state index in [1.807, 2.05) is 77.8 Å². The van der Waals surface area contributed by atoms with Crippen molar-refractivity contribution in [3.63, 3.8) is 0 Å². The highest BCUT2D eigenvalue weighted by Gasteiger charge is 2.65. The SMILES string of the molecule is COC(=O)C1C2C(=O)N(c3ccc4ccccc4c3)C(=O)C2C2c3ccccc3C=CN12. The average molecular weight is 424 g/mol. The minimum absolute atomic E-state index is 0.276. The number of imide groups is 1. The fourth-order valence-electron chi connectivity index (χ4n) is 5.52.